The van der Waals surface area contributed by atoms with Crippen molar-refractivity contribution in [3.8, 4) is 0 Å². The first kappa shape index (κ1) is 26.2. The van der Waals surface area contributed by atoms with Crippen LogP contribution in [-0.4, -0.2) is 96.2 Å². The SMILES string of the molecule is CN1CCN(CCNc2nc3c(c(N4CC5CCC(C4)N5)n2)CCC(c2c(F)cc(F)c4sc(N)nc24)C3)CC1. The van der Waals surface area contributed by atoms with Crippen molar-refractivity contribution in [3.05, 3.63) is 34.5 Å². The summed E-state index contributed by atoms with van der Waals surface area (Å²) in [6.07, 6.45) is 4.43. The molecule has 5 heterocycles. The van der Waals surface area contributed by atoms with Gasteiger partial charge >= 0.3 is 0 Å². The van der Waals surface area contributed by atoms with E-state index in [0.717, 1.165) is 94.1 Å². The largest absolute Gasteiger partial charge is 0.375 e. The zero-order valence-electron chi connectivity index (χ0n) is 22.9. The maximum atomic E-state index is 15.3. The number of halogens is 2. The number of fused-ring (bicyclic) bond motifs is 4. The molecule has 40 heavy (non-hydrogen) atoms. The molecule has 2 aromatic heterocycles. The topological polar surface area (TPSA) is 98.5 Å². The maximum absolute atomic E-state index is 15.3. The van der Waals surface area contributed by atoms with Crippen molar-refractivity contribution in [2.24, 2.45) is 0 Å². The van der Waals surface area contributed by atoms with Gasteiger partial charge < -0.3 is 26.2 Å². The summed E-state index contributed by atoms with van der Waals surface area (Å²) >= 11 is 1.07. The van der Waals surface area contributed by atoms with E-state index in [4.69, 9.17) is 15.7 Å². The van der Waals surface area contributed by atoms with Crippen molar-refractivity contribution in [2.75, 3.05) is 75.4 Å². The fourth-order valence-electron chi connectivity index (χ4n) is 6.99. The molecule has 0 amide bonds. The first-order valence-corrected chi connectivity index (χ1v) is 15.3. The number of anilines is 3. The molecular weight excluding hydrogens is 532 g/mol. The third-order valence-electron chi connectivity index (χ3n) is 9.11. The highest BCUT2D eigenvalue weighted by atomic mass is 32.1. The smallest absolute Gasteiger partial charge is 0.224 e. The van der Waals surface area contributed by atoms with Crippen LogP contribution >= 0.6 is 11.3 Å². The van der Waals surface area contributed by atoms with Crippen LogP contribution in [0.4, 0.5) is 25.7 Å². The van der Waals surface area contributed by atoms with E-state index in [2.05, 4.69) is 37.4 Å². The van der Waals surface area contributed by atoms with Gasteiger partial charge in [0.15, 0.2) is 5.13 Å². The minimum atomic E-state index is -0.605. The molecule has 2 bridgehead atoms. The first-order valence-electron chi connectivity index (χ1n) is 14.5. The van der Waals surface area contributed by atoms with Crippen molar-refractivity contribution in [3.63, 3.8) is 0 Å². The Morgan fingerprint density at radius 1 is 1.05 bits per heavy atom. The van der Waals surface area contributed by atoms with Gasteiger partial charge in [0.2, 0.25) is 5.95 Å². The lowest BCUT2D eigenvalue weighted by molar-refractivity contribution is 0.158. The van der Waals surface area contributed by atoms with Crippen LogP contribution in [0.15, 0.2) is 6.07 Å². The Kier molecular flexibility index (Phi) is 6.97. The molecule has 4 aliphatic rings. The lowest BCUT2D eigenvalue weighted by atomic mass is 9.81. The first-order chi connectivity index (χ1) is 19.4. The molecule has 7 rings (SSSR count). The van der Waals surface area contributed by atoms with Gasteiger partial charge in [-0.15, -0.1) is 0 Å². The molecule has 0 radical (unpaired) electrons. The third-order valence-corrected chi connectivity index (χ3v) is 10.0. The number of aromatic nitrogens is 3. The molecule has 1 aliphatic carbocycles. The summed E-state index contributed by atoms with van der Waals surface area (Å²) in [7, 11) is 2.17. The molecule has 12 heteroatoms. The quantitative estimate of drug-likeness (QED) is 0.414. The molecule has 0 spiro atoms. The Balaban J connectivity index is 1.18. The van der Waals surface area contributed by atoms with Crippen molar-refractivity contribution >= 4 is 38.5 Å². The Labute approximate surface area is 237 Å². The molecule has 3 aliphatic heterocycles. The summed E-state index contributed by atoms with van der Waals surface area (Å²) < 4.78 is 30.1. The van der Waals surface area contributed by atoms with Gasteiger partial charge in [-0.2, -0.15) is 4.98 Å². The minimum Gasteiger partial charge on any atom is -0.375 e. The summed E-state index contributed by atoms with van der Waals surface area (Å²) in [5.74, 6) is 0.342. The fourth-order valence-corrected chi connectivity index (χ4v) is 7.74. The van der Waals surface area contributed by atoms with Crippen LogP contribution in [-0.2, 0) is 12.8 Å². The van der Waals surface area contributed by atoms with Crippen LogP contribution in [0.5, 0.6) is 0 Å². The monoisotopic (exact) mass is 569 g/mol. The Bertz CT molecular complexity index is 1390. The van der Waals surface area contributed by atoms with Gasteiger partial charge in [-0.3, -0.25) is 4.90 Å². The molecule has 4 N–H and O–H groups in total. The highest BCUT2D eigenvalue weighted by Gasteiger charge is 2.36. The van der Waals surface area contributed by atoms with E-state index in [0.29, 0.717) is 40.2 Å². The van der Waals surface area contributed by atoms with Crippen LogP contribution in [0.2, 0.25) is 0 Å². The molecule has 214 valence electrons. The molecule has 3 saturated heterocycles. The predicted molar refractivity (Wildman–Crippen MR) is 155 cm³/mol. The van der Waals surface area contributed by atoms with E-state index in [1.165, 1.54) is 18.4 Å². The predicted octanol–water partition coefficient (Wildman–Crippen LogP) is 2.82. The Hall–Kier alpha value is -2.67. The van der Waals surface area contributed by atoms with Gasteiger partial charge in [-0.05, 0) is 45.1 Å². The van der Waals surface area contributed by atoms with Crippen LogP contribution in [0.1, 0.15) is 42.0 Å². The number of nitrogens with zero attached hydrogens (tertiary/aromatic N) is 6. The van der Waals surface area contributed by atoms with Crippen LogP contribution in [0, 0.1) is 11.6 Å². The summed E-state index contributed by atoms with van der Waals surface area (Å²) in [4.78, 5) is 21.7. The number of hydrogen-bond donors (Lipinski definition) is 3. The lowest BCUT2D eigenvalue weighted by Crippen LogP contribution is -2.51. The van der Waals surface area contributed by atoms with E-state index >= 15 is 4.39 Å². The number of hydrogen-bond acceptors (Lipinski definition) is 10. The summed E-state index contributed by atoms with van der Waals surface area (Å²) in [5, 5.41) is 7.48. The Morgan fingerprint density at radius 3 is 2.60 bits per heavy atom. The maximum Gasteiger partial charge on any atom is 0.224 e. The highest BCUT2D eigenvalue weighted by molar-refractivity contribution is 7.22. The van der Waals surface area contributed by atoms with Gasteiger partial charge in [0.05, 0.1) is 15.9 Å². The fraction of sp³-hybridized carbons (Fsp3) is 0.607. The van der Waals surface area contributed by atoms with Gasteiger partial charge in [0.25, 0.3) is 0 Å². The van der Waals surface area contributed by atoms with Crippen molar-refractivity contribution in [2.45, 2.75) is 50.1 Å². The number of thiazole rings is 1. The van der Waals surface area contributed by atoms with Gasteiger partial charge in [0, 0.05) is 81.6 Å². The number of piperazine rings is 2. The number of benzene rings is 1. The average Bonchev–Trinajstić information content (AvgIpc) is 3.49. The van der Waals surface area contributed by atoms with Gasteiger partial charge in [-0.1, -0.05) is 11.3 Å². The van der Waals surface area contributed by atoms with E-state index in [-0.39, 0.29) is 11.0 Å². The van der Waals surface area contributed by atoms with E-state index < -0.39 is 11.6 Å². The normalized spacial score (nSPS) is 25.5. The van der Waals surface area contributed by atoms with Gasteiger partial charge in [-0.25, -0.2) is 18.7 Å². The highest BCUT2D eigenvalue weighted by Crippen LogP contribution is 2.42. The number of nitrogens with one attached hydrogen (secondary N) is 2. The van der Waals surface area contributed by atoms with E-state index in [1.807, 2.05) is 0 Å². The lowest BCUT2D eigenvalue weighted by Gasteiger charge is -2.36. The molecular formula is C28H37F2N9S. The molecule has 9 nitrogen and oxygen atoms in total. The number of nitrogens with two attached hydrogens (primary N) is 1. The minimum absolute atomic E-state index is 0.155. The van der Waals surface area contributed by atoms with Crippen LogP contribution < -0.4 is 21.3 Å². The summed E-state index contributed by atoms with van der Waals surface area (Å²) in [5.41, 5.74) is 8.84. The van der Waals surface area contributed by atoms with Crippen LogP contribution in [0.3, 0.4) is 0 Å². The van der Waals surface area contributed by atoms with E-state index in [9.17, 15) is 4.39 Å². The van der Waals surface area contributed by atoms with Crippen molar-refractivity contribution < 1.29 is 8.78 Å². The number of rotatable bonds is 6. The summed E-state index contributed by atoms with van der Waals surface area (Å²) in [6.45, 7) is 7.90. The standard InChI is InChI=1S/C28H37F2N9S/c1-37-8-10-38(11-9-37)7-6-32-28-34-22-12-16(23-20(29)13-21(30)25-24(23)35-27(31)40-25)2-5-19(22)26(36-28)39-14-17-3-4-18(15-39)33-17/h13,16-18,33H,2-12,14-15H2,1H3,(H2,31,35)(H,32,34,36). The average molecular weight is 570 g/mol. The van der Waals surface area contributed by atoms with E-state index in [1.54, 1.807) is 0 Å². The molecule has 3 fully saturated rings. The molecule has 3 unspecified atom stereocenters. The number of likely N-dealkylation sites (N-methyl/N-ethyl adjacent to an activating group) is 1. The summed E-state index contributed by atoms with van der Waals surface area (Å²) in [6, 6.07) is 1.97. The second-order valence-corrected chi connectivity index (χ2v) is 12.9. The number of nitrogen functional groups attached to an aromatic ring is 1. The van der Waals surface area contributed by atoms with Crippen molar-refractivity contribution in [1.29, 1.82) is 0 Å². The Morgan fingerprint density at radius 2 is 1.82 bits per heavy atom. The second-order valence-electron chi connectivity index (χ2n) is 11.8. The van der Waals surface area contributed by atoms with Gasteiger partial charge in [0.1, 0.15) is 17.5 Å². The molecule has 1 aromatic carbocycles. The zero-order valence-corrected chi connectivity index (χ0v) is 23.7. The zero-order chi connectivity index (χ0) is 27.4. The third kappa shape index (κ3) is 4.99. The molecule has 3 atom stereocenters. The second kappa shape index (κ2) is 10.6. The molecule has 3 aromatic rings. The van der Waals surface area contributed by atoms with Crippen molar-refractivity contribution in [1.82, 2.24) is 30.1 Å². The molecule has 0 saturated carbocycles. The van der Waals surface area contributed by atoms with Crippen LogP contribution in [0.25, 0.3) is 10.2 Å².